The van der Waals surface area contributed by atoms with Crippen molar-refractivity contribution >= 4 is 17.5 Å². The number of carbonyl (C=O) groups is 1. The minimum absolute atomic E-state index is 0.0111. The van der Waals surface area contributed by atoms with E-state index in [9.17, 15) is 4.79 Å². The fourth-order valence-electron chi connectivity index (χ4n) is 4.77. The molecule has 31 heavy (non-hydrogen) atoms. The zero-order valence-electron chi connectivity index (χ0n) is 16.4. The van der Waals surface area contributed by atoms with Gasteiger partial charge in [0.25, 0.3) is 5.91 Å². The third-order valence-corrected chi connectivity index (χ3v) is 6.31. The summed E-state index contributed by atoms with van der Waals surface area (Å²) in [6.45, 7) is 0. The zero-order chi connectivity index (χ0) is 20.9. The van der Waals surface area contributed by atoms with Gasteiger partial charge in [0.1, 0.15) is 5.34 Å². The molecule has 1 aromatic heterocycles. The SMILES string of the molecule is O=C(c1ccccc1-n1nccn1)N1C2CCC1C(NN1Oc3ccc(Cl)cc3O1)C2. The van der Waals surface area contributed by atoms with Gasteiger partial charge in [-0.2, -0.15) is 20.4 Å². The number of carbonyl (C=O) groups excluding carboxylic acids is 1. The number of halogens is 1. The molecule has 10 heteroatoms. The standard InChI is InChI=1S/C21H19ClN6O3/c22-13-5-8-19-20(11-13)31-28(30-19)25-16-12-14-6-7-18(16)26(14)21(29)15-3-1-2-4-17(15)27-23-9-10-24-27/h1-5,8-11,14,16,18,25H,6-7,12H2. The smallest absolute Gasteiger partial charge is 0.256 e. The van der Waals surface area contributed by atoms with Gasteiger partial charge in [0.15, 0.2) is 11.5 Å². The van der Waals surface area contributed by atoms with Crippen LogP contribution in [0.2, 0.25) is 5.02 Å². The third kappa shape index (κ3) is 3.13. The summed E-state index contributed by atoms with van der Waals surface area (Å²) in [5, 5.41) is 10.2. The van der Waals surface area contributed by atoms with Crippen molar-refractivity contribution in [2.75, 3.05) is 0 Å². The van der Waals surface area contributed by atoms with E-state index in [0.29, 0.717) is 27.8 Å². The lowest BCUT2D eigenvalue weighted by Crippen LogP contribution is -2.51. The molecule has 3 aromatic rings. The van der Waals surface area contributed by atoms with E-state index in [4.69, 9.17) is 21.3 Å². The number of hydrazine groups is 1. The molecule has 0 aliphatic carbocycles. The van der Waals surface area contributed by atoms with E-state index in [0.717, 1.165) is 19.3 Å². The Labute approximate surface area is 183 Å². The van der Waals surface area contributed by atoms with Crippen LogP contribution in [-0.2, 0) is 0 Å². The number of rotatable bonds is 4. The predicted molar refractivity (Wildman–Crippen MR) is 110 cm³/mol. The number of fused-ring (bicyclic) bond motifs is 3. The second-order valence-corrected chi connectivity index (χ2v) is 8.29. The first-order chi connectivity index (χ1) is 15.2. The van der Waals surface area contributed by atoms with E-state index in [-0.39, 0.29) is 24.0 Å². The molecule has 2 bridgehead atoms. The minimum Gasteiger partial charge on any atom is -0.354 e. The van der Waals surface area contributed by atoms with Gasteiger partial charge in [0, 0.05) is 23.2 Å². The van der Waals surface area contributed by atoms with E-state index in [1.54, 1.807) is 30.6 Å². The normalized spacial score (nSPS) is 24.2. The molecule has 2 aromatic carbocycles. The van der Waals surface area contributed by atoms with E-state index in [2.05, 4.69) is 15.6 Å². The molecule has 2 saturated heterocycles. The van der Waals surface area contributed by atoms with Crippen molar-refractivity contribution in [1.29, 1.82) is 0 Å². The Hall–Kier alpha value is -3.14. The number of hydrogen-bond acceptors (Lipinski definition) is 7. The van der Waals surface area contributed by atoms with Crippen LogP contribution >= 0.6 is 11.6 Å². The Morgan fingerprint density at radius 2 is 1.87 bits per heavy atom. The highest BCUT2D eigenvalue weighted by molar-refractivity contribution is 6.30. The molecule has 1 N–H and O–H groups in total. The average molecular weight is 439 g/mol. The predicted octanol–water partition coefficient (Wildman–Crippen LogP) is 2.77. The monoisotopic (exact) mass is 438 g/mol. The number of aromatic nitrogens is 3. The van der Waals surface area contributed by atoms with E-state index >= 15 is 0 Å². The molecule has 3 atom stereocenters. The molecule has 0 radical (unpaired) electrons. The lowest BCUT2D eigenvalue weighted by Gasteiger charge is -2.27. The van der Waals surface area contributed by atoms with Crippen LogP contribution in [0.4, 0.5) is 0 Å². The van der Waals surface area contributed by atoms with Crippen molar-refractivity contribution in [3.63, 3.8) is 0 Å². The van der Waals surface area contributed by atoms with E-state index < -0.39 is 0 Å². The summed E-state index contributed by atoms with van der Waals surface area (Å²) in [7, 11) is 0. The molecular formula is C21H19ClN6O3. The largest absolute Gasteiger partial charge is 0.354 e. The highest BCUT2D eigenvalue weighted by Crippen LogP contribution is 2.41. The van der Waals surface area contributed by atoms with Gasteiger partial charge < -0.3 is 14.6 Å². The number of para-hydroxylation sites is 1. The molecule has 2 fully saturated rings. The molecule has 3 unspecified atom stereocenters. The summed E-state index contributed by atoms with van der Waals surface area (Å²) in [6.07, 6.45) is 5.92. The first-order valence-corrected chi connectivity index (χ1v) is 10.6. The van der Waals surface area contributed by atoms with Crippen LogP contribution in [0.25, 0.3) is 5.69 Å². The highest BCUT2D eigenvalue weighted by Gasteiger charge is 2.50. The van der Waals surface area contributed by atoms with Gasteiger partial charge in [-0.1, -0.05) is 23.7 Å². The summed E-state index contributed by atoms with van der Waals surface area (Å²) in [5.74, 6) is 1.13. The molecule has 3 aliphatic heterocycles. The average Bonchev–Trinajstić information content (AvgIpc) is 3.56. The summed E-state index contributed by atoms with van der Waals surface area (Å²) in [6, 6.07) is 12.9. The summed E-state index contributed by atoms with van der Waals surface area (Å²) in [5.41, 5.74) is 4.54. The van der Waals surface area contributed by atoms with Crippen LogP contribution in [0.15, 0.2) is 54.9 Å². The summed E-state index contributed by atoms with van der Waals surface area (Å²) in [4.78, 5) is 28.4. The Kier molecular flexibility index (Phi) is 4.34. The second-order valence-electron chi connectivity index (χ2n) is 7.85. The number of benzene rings is 2. The van der Waals surface area contributed by atoms with Crippen molar-refractivity contribution in [3.05, 3.63) is 65.4 Å². The van der Waals surface area contributed by atoms with E-state index in [1.165, 1.54) is 10.1 Å². The zero-order valence-corrected chi connectivity index (χ0v) is 17.1. The first-order valence-electron chi connectivity index (χ1n) is 10.2. The Morgan fingerprint density at radius 1 is 1.06 bits per heavy atom. The lowest BCUT2D eigenvalue weighted by molar-refractivity contribution is -0.272. The van der Waals surface area contributed by atoms with Gasteiger partial charge in [-0.05, 0) is 43.5 Å². The molecule has 9 nitrogen and oxygen atoms in total. The van der Waals surface area contributed by atoms with Crippen molar-refractivity contribution in [2.45, 2.75) is 37.4 Å². The van der Waals surface area contributed by atoms with Gasteiger partial charge >= 0.3 is 0 Å². The minimum atomic E-state index is -0.0111. The van der Waals surface area contributed by atoms with E-state index in [1.807, 2.05) is 29.2 Å². The van der Waals surface area contributed by atoms with Crippen molar-refractivity contribution < 1.29 is 14.5 Å². The summed E-state index contributed by atoms with van der Waals surface area (Å²) >= 11 is 6.03. The quantitative estimate of drug-likeness (QED) is 0.670. The van der Waals surface area contributed by atoms with Gasteiger partial charge in [-0.15, -0.1) is 0 Å². The van der Waals surface area contributed by atoms with Gasteiger partial charge in [-0.3, -0.25) is 4.79 Å². The number of nitrogens with zero attached hydrogens (tertiary/aromatic N) is 5. The van der Waals surface area contributed by atoms with Crippen LogP contribution in [0.5, 0.6) is 11.5 Å². The summed E-state index contributed by atoms with van der Waals surface area (Å²) < 4.78 is 0. The maximum absolute atomic E-state index is 13.6. The van der Waals surface area contributed by atoms with Crippen LogP contribution in [-0.4, -0.2) is 49.3 Å². The van der Waals surface area contributed by atoms with Crippen LogP contribution in [0.3, 0.4) is 0 Å². The van der Waals surface area contributed by atoms with Gasteiger partial charge in [0.05, 0.1) is 29.7 Å². The number of hydrogen-bond donors (Lipinski definition) is 1. The van der Waals surface area contributed by atoms with Crippen molar-refractivity contribution in [1.82, 2.24) is 30.7 Å². The van der Waals surface area contributed by atoms with Gasteiger partial charge in [-0.25, -0.2) is 0 Å². The molecule has 0 spiro atoms. The number of amides is 1. The highest BCUT2D eigenvalue weighted by atomic mass is 35.5. The molecule has 158 valence electrons. The number of nitrogens with one attached hydrogen (secondary N) is 1. The first kappa shape index (κ1) is 18.6. The second kappa shape index (κ2) is 7.23. The topological polar surface area (TPSA) is 84.8 Å². The van der Waals surface area contributed by atoms with Crippen molar-refractivity contribution in [3.8, 4) is 17.2 Å². The lowest BCUT2D eigenvalue weighted by atomic mass is 9.96. The Balaban J connectivity index is 1.21. The molecule has 3 aliphatic rings. The maximum Gasteiger partial charge on any atom is 0.256 e. The van der Waals surface area contributed by atoms with Crippen LogP contribution < -0.4 is 15.1 Å². The fourth-order valence-corrected chi connectivity index (χ4v) is 4.93. The van der Waals surface area contributed by atoms with Crippen LogP contribution in [0.1, 0.15) is 29.6 Å². The third-order valence-electron chi connectivity index (χ3n) is 6.08. The van der Waals surface area contributed by atoms with Crippen LogP contribution in [0, 0.1) is 0 Å². The maximum atomic E-state index is 13.6. The Bertz CT molecular complexity index is 1140. The molecular weight excluding hydrogens is 420 g/mol. The fraction of sp³-hybridized carbons (Fsp3) is 0.286. The van der Waals surface area contributed by atoms with Gasteiger partial charge in [0.2, 0.25) is 0 Å². The molecule has 6 rings (SSSR count). The molecule has 1 amide bonds. The van der Waals surface area contributed by atoms with Crippen molar-refractivity contribution in [2.24, 2.45) is 0 Å². The molecule has 4 heterocycles. The Morgan fingerprint density at radius 3 is 2.74 bits per heavy atom. The molecule has 0 saturated carbocycles.